The van der Waals surface area contributed by atoms with E-state index < -0.39 is 11.7 Å². The lowest BCUT2D eigenvalue weighted by molar-refractivity contribution is -0.122. The number of carbonyl (C=O) groups is 2. The summed E-state index contributed by atoms with van der Waals surface area (Å²) in [5, 5.41) is 2.93. The van der Waals surface area contributed by atoms with E-state index in [0.717, 1.165) is 17.6 Å². The van der Waals surface area contributed by atoms with Gasteiger partial charge in [-0.3, -0.25) is 4.79 Å². The van der Waals surface area contributed by atoms with Gasteiger partial charge in [0.05, 0.1) is 0 Å². The first-order chi connectivity index (χ1) is 10.9. The van der Waals surface area contributed by atoms with Gasteiger partial charge in [0.2, 0.25) is 5.91 Å². The molecule has 0 saturated heterocycles. The average molecular weight is 336 g/mol. The van der Waals surface area contributed by atoms with Gasteiger partial charge < -0.3 is 15.0 Å². The molecule has 0 aliphatic carbocycles. The molecule has 1 unspecified atom stereocenters. The second kappa shape index (κ2) is 9.96. The molecule has 0 heterocycles. The number of nitrogens with one attached hydrogen (secondary N) is 1. The van der Waals surface area contributed by atoms with Gasteiger partial charge in [0.1, 0.15) is 12.1 Å². The summed E-state index contributed by atoms with van der Waals surface area (Å²) in [6.45, 7) is 17.0. The molecule has 2 amide bonds. The predicted molar refractivity (Wildman–Crippen MR) is 98.8 cm³/mol. The number of hydrogen-bond acceptors (Lipinski definition) is 3. The van der Waals surface area contributed by atoms with Gasteiger partial charge >= 0.3 is 6.09 Å². The first-order valence-electron chi connectivity index (χ1n) is 8.19. The Kier molecular flexibility index (Phi) is 9.11. The Labute approximate surface area is 146 Å². The van der Waals surface area contributed by atoms with Crippen LogP contribution < -0.4 is 5.32 Å². The zero-order valence-corrected chi connectivity index (χ0v) is 15.9. The number of rotatable bonds is 8. The molecule has 0 bridgehead atoms. The monoisotopic (exact) mass is 336 g/mol. The predicted octanol–water partition coefficient (Wildman–Crippen LogP) is 3.83. The first-order valence-corrected chi connectivity index (χ1v) is 8.19. The summed E-state index contributed by atoms with van der Waals surface area (Å²) in [4.78, 5) is 25.3. The van der Waals surface area contributed by atoms with Gasteiger partial charge in [0, 0.05) is 13.1 Å². The van der Waals surface area contributed by atoms with Gasteiger partial charge in [-0.15, -0.1) is 0 Å². The van der Waals surface area contributed by atoms with Crippen molar-refractivity contribution in [3.8, 4) is 0 Å². The fourth-order valence-corrected chi connectivity index (χ4v) is 1.84. The molecule has 0 aromatic heterocycles. The van der Waals surface area contributed by atoms with Crippen molar-refractivity contribution >= 4 is 12.0 Å². The molecule has 0 aromatic rings. The summed E-state index contributed by atoms with van der Waals surface area (Å²) in [6, 6.07) is -0.0215. The number of hydrogen-bond donors (Lipinski definition) is 1. The second-order valence-electron chi connectivity index (χ2n) is 7.05. The molecular weight excluding hydrogens is 304 g/mol. The third kappa shape index (κ3) is 10.6. The van der Waals surface area contributed by atoms with E-state index in [1.807, 2.05) is 26.0 Å². The van der Waals surface area contributed by atoms with E-state index in [2.05, 4.69) is 18.5 Å². The summed E-state index contributed by atoms with van der Waals surface area (Å²) < 4.78 is 5.23. The van der Waals surface area contributed by atoms with E-state index >= 15 is 0 Å². The minimum atomic E-state index is -0.582. The number of likely N-dealkylation sites (N-methyl/N-ethyl adjacent to an activating group) is 1. The van der Waals surface area contributed by atoms with Gasteiger partial charge in [0.15, 0.2) is 0 Å². The highest BCUT2D eigenvalue weighted by Gasteiger charge is 2.21. The number of carbonyl (C=O) groups excluding carboxylic acids is 2. The molecule has 0 spiro atoms. The zero-order valence-electron chi connectivity index (χ0n) is 15.9. The van der Waals surface area contributed by atoms with Crippen molar-refractivity contribution in [1.82, 2.24) is 10.2 Å². The van der Waals surface area contributed by atoms with Crippen LogP contribution in [0.2, 0.25) is 0 Å². The maximum absolute atomic E-state index is 12.1. The van der Waals surface area contributed by atoms with Crippen LogP contribution >= 0.6 is 0 Å². The molecular formula is C19H32N2O3. The standard InChI is InChI=1S/C19H32N2O3/c1-9-16(12-15(4)11-10-14(2)3)20-17(22)13-21(8)18(23)24-19(5,6)7/h10-11,16H,2,4,9,12-13H2,1,3,5-8H3,(H,20,22). The van der Waals surface area contributed by atoms with Crippen molar-refractivity contribution in [2.75, 3.05) is 13.6 Å². The minimum absolute atomic E-state index is 0.0215. The van der Waals surface area contributed by atoms with Crippen LogP contribution in [-0.4, -0.2) is 42.1 Å². The van der Waals surface area contributed by atoms with Crippen molar-refractivity contribution in [1.29, 1.82) is 0 Å². The Morgan fingerprint density at radius 2 is 1.83 bits per heavy atom. The third-order valence-corrected chi connectivity index (χ3v) is 3.06. The quantitative estimate of drug-likeness (QED) is 0.685. The Morgan fingerprint density at radius 1 is 1.25 bits per heavy atom. The summed E-state index contributed by atoms with van der Waals surface area (Å²) in [7, 11) is 1.54. The molecule has 1 N–H and O–H groups in total. The number of ether oxygens (including phenoxy) is 1. The molecule has 0 radical (unpaired) electrons. The van der Waals surface area contributed by atoms with Gasteiger partial charge in [0.25, 0.3) is 0 Å². The SMILES string of the molecule is C=C(C)C=CC(=C)CC(CC)NC(=O)CN(C)C(=O)OC(C)(C)C. The van der Waals surface area contributed by atoms with Crippen LogP contribution in [0.5, 0.6) is 0 Å². The fraction of sp³-hybridized carbons (Fsp3) is 0.579. The highest BCUT2D eigenvalue weighted by atomic mass is 16.6. The molecule has 0 fully saturated rings. The van der Waals surface area contributed by atoms with E-state index in [4.69, 9.17) is 4.74 Å². The Morgan fingerprint density at radius 3 is 2.29 bits per heavy atom. The molecule has 0 saturated carbocycles. The topological polar surface area (TPSA) is 58.6 Å². The Hall–Kier alpha value is -2.04. The van der Waals surface area contributed by atoms with E-state index in [1.54, 1.807) is 27.8 Å². The molecule has 0 aliphatic rings. The van der Waals surface area contributed by atoms with Crippen LogP contribution in [0.15, 0.2) is 36.5 Å². The van der Waals surface area contributed by atoms with Gasteiger partial charge in [-0.2, -0.15) is 0 Å². The van der Waals surface area contributed by atoms with Crippen molar-refractivity contribution < 1.29 is 14.3 Å². The average Bonchev–Trinajstić information content (AvgIpc) is 2.42. The molecule has 0 rings (SSSR count). The van der Waals surface area contributed by atoms with Crippen molar-refractivity contribution in [3.05, 3.63) is 36.5 Å². The molecule has 5 nitrogen and oxygen atoms in total. The van der Waals surface area contributed by atoms with Gasteiger partial charge in [-0.05, 0) is 40.5 Å². The third-order valence-electron chi connectivity index (χ3n) is 3.06. The van der Waals surface area contributed by atoms with E-state index in [0.29, 0.717) is 6.42 Å². The summed E-state index contributed by atoms with van der Waals surface area (Å²) >= 11 is 0. The number of amides is 2. The maximum Gasteiger partial charge on any atom is 0.410 e. The largest absolute Gasteiger partial charge is 0.444 e. The van der Waals surface area contributed by atoms with Crippen molar-refractivity contribution in [3.63, 3.8) is 0 Å². The smallest absolute Gasteiger partial charge is 0.410 e. The van der Waals surface area contributed by atoms with E-state index in [9.17, 15) is 9.59 Å². The molecule has 5 heteroatoms. The maximum atomic E-state index is 12.1. The highest BCUT2D eigenvalue weighted by Crippen LogP contribution is 2.10. The Bertz CT molecular complexity index is 501. The molecule has 1 atom stereocenters. The van der Waals surface area contributed by atoms with Crippen molar-refractivity contribution in [2.24, 2.45) is 0 Å². The lowest BCUT2D eigenvalue weighted by Crippen LogP contribution is -2.44. The summed E-state index contributed by atoms with van der Waals surface area (Å²) in [5.41, 5.74) is 1.29. The van der Waals surface area contributed by atoms with E-state index in [1.165, 1.54) is 4.90 Å². The van der Waals surface area contributed by atoms with Crippen LogP contribution in [0.4, 0.5) is 4.79 Å². The van der Waals surface area contributed by atoms with Crippen LogP contribution in [0.3, 0.4) is 0 Å². The molecule has 0 aliphatic heterocycles. The number of allylic oxidation sites excluding steroid dienone is 3. The summed E-state index contributed by atoms with van der Waals surface area (Å²) in [6.07, 6.45) is 4.72. The van der Waals surface area contributed by atoms with Gasteiger partial charge in [-0.25, -0.2) is 4.79 Å². The normalized spacial score (nSPS) is 12.6. The molecule has 0 aromatic carbocycles. The molecule has 24 heavy (non-hydrogen) atoms. The highest BCUT2D eigenvalue weighted by molar-refractivity contribution is 5.82. The minimum Gasteiger partial charge on any atom is -0.444 e. The first kappa shape index (κ1) is 22.0. The fourth-order valence-electron chi connectivity index (χ4n) is 1.84. The van der Waals surface area contributed by atoms with Crippen LogP contribution in [-0.2, 0) is 9.53 Å². The lowest BCUT2D eigenvalue weighted by Gasteiger charge is -2.25. The molecule has 136 valence electrons. The second-order valence-corrected chi connectivity index (χ2v) is 7.05. The number of nitrogens with zero attached hydrogens (tertiary/aromatic N) is 1. The zero-order chi connectivity index (χ0) is 18.9. The van der Waals surface area contributed by atoms with Crippen LogP contribution in [0, 0.1) is 0 Å². The summed E-state index contributed by atoms with van der Waals surface area (Å²) in [5.74, 6) is -0.216. The Balaban J connectivity index is 4.48. The van der Waals surface area contributed by atoms with Gasteiger partial charge in [-0.1, -0.05) is 43.4 Å². The van der Waals surface area contributed by atoms with Crippen LogP contribution in [0.1, 0.15) is 47.5 Å². The van der Waals surface area contributed by atoms with Crippen molar-refractivity contribution in [2.45, 2.75) is 59.1 Å². The lowest BCUT2D eigenvalue weighted by atomic mass is 10.0. The van der Waals surface area contributed by atoms with E-state index in [-0.39, 0.29) is 18.5 Å². The van der Waals surface area contributed by atoms with Crippen LogP contribution in [0.25, 0.3) is 0 Å².